The first kappa shape index (κ1) is 24.3. The topological polar surface area (TPSA) is 32.8 Å². The second-order valence-electron chi connectivity index (χ2n) is 9.84. The van der Waals surface area contributed by atoms with Gasteiger partial charge in [-0.2, -0.15) is 0 Å². The zero-order valence-electron chi connectivity index (χ0n) is 20.7. The second-order valence-corrected chi connectivity index (χ2v) is 9.84. The number of carbonyl (C=O) groups excluding carboxylic acids is 1. The van der Waals surface area contributed by atoms with Crippen LogP contribution >= 0.6 is 0 Å². The molecule has 0 aromatic heterocycles. The normalized spacial score (nSPS) is 21.6. The molecule has 5 rings (SSSR count). The maximum atomic E-state index is 14.4. The van der Waals surface area contributed by atoms with Crippen molar-refractivity contribution in [2.45, 2.75) is 37.9 Å². The van der Waals surface area contributed by atoms with E-state index < -0.39 is 0 Å². The maximum Gasteiger partial charge on any atom is 0.241 e. The number of nitrogens with zero attached hydrogens (tertiary/aromatic N) is 2. The van der Waals surface area contributed by atoms with Crippen LogP contribution in [0.3, 0.4) is 0 Å². The van der Waals surface area contributed by atoms with Crippen molar-refractivity contribution in [1.82, 2.24) is 9.80 Å². The summed E-state index contributed by atoms with van der Waals surface area (Å²) in [6, 6.07) is 24.2. The van der Waals surface area contributed by atoms with Gasteiger partial charge < -0.3 is 9.64 Å². The Balaban J connectivity index is 1.53. The zero-order valence-corrected chi connectivity index (χ0v) is 20.7. The van der Waals surface area contributed by atoms with Crippen molar-refractivity contribution in [3.63, 3.8) is 0 Å². The van der Waals surface area contributed by atoms with Gasteiger partial charge in [0, 0.05) is 19.6 Å². The highest BCUT2D eigenvalue weighted by atomic mass is 19.1. The number of hydrogen-bond acceptors (Lipinski definition) is 3. The first-order valence-corrected chi connectivity index (χ1v) is 12.7. The van der Waals surface area contributed by atoms with Crippen LogP contribution in [-0.2, 0) is 17.8 Å². The minimum Gasteiger partial charge on any atom is -0.497 e. The van der Waals surface area contributed by atoms with Crippen LogP contribution in [0.15, 0.2) is 91.0 Å². The largest absolute Gasteiger partial charge is 0.497 e. The second kappa shape index (κ2) is 11.1. The number of rotatable bonds is 8. The molecule has 5 heteroatoms. The quantitative estimate of drug-likeness (QED) is 0.379. The molecule has 186 valence electrons. The lowest BCUT2D eigenvalue weighted by Crippen LogP contribution is -2.52. The Kier molecular flexibility index (Phi) is 7.47. The van der Waals surface area contributed by atoms with Gasteiger partial charge in [0.1, 0.15) is 11.6 Å². The van der Waals surface area contributed by atoms with E-state index in [1.807, 2.05) is 47.4 Å². The van der Waals surface area contributed by atoms with E-state index in [1.54, 1.807) is 19.2 Å². The highest BCUT2D eigenvalue weighted by Gasteiger charge is 2.37. The predicted molar refractivity (Wildman–Crippen MR) is 140 cm³/mol. The Morgan fingerprint density at radius 3 is 2.31 bits per heavy atom. The zero-order chi connectivity index (χ0) is 24.9. The summed E-state index contributed by atoms with van der Waals surface area (Å²) < 4.78 is 19.0. The van der Waals surface area contributed by atoms with E-state index in [4.69, 9.17) is 4.74 Å². The van der Waals surface area contributed by atoms with Gasteiger partial charge >= 0.3 is 0 Å². The molecule has 2 aliphatic rings. The van der Waals surface area contributed by atoms with E-state index in [1.165, 1.54) is 25.0 Å². The van der Waals surface area contributed by atoms with Gasteiger partial charge in [-0.05, 0) is 66.1 Å². The van der Waals surface area contributed by atoms with Crippen molar-refractivity contribution in [2.75, 3.05) is 20.2 Å². The average Bonchev–Trinajstić information content (AvgIpc) is 3.73. The van der Waals surface area contributed by atoms with Gasteiger partial charge in [-0.25, -0.2) is 4.39 Å². The fourth-order valence-electron chi connectivity index (χ4n) is 4.98. The first-order valence-electron chi connectivity index (χ1n) is 12.7. The maximum absolute atomic E-state index is 14.4. The summed E-state index contributed by atoms with van der Waals surface area (Å²) in [7, 11) is 1.65. The fraction of sp³-hybridized carbons (Fsp3) is 0.323. The number of benzene rings is 3. The lowest BCUT2D eigenvalue weighted by Gasteiger charge is -2.39. The molecule has 0 saturated heterocycles. The molecule has 1 heterocycles. The van der Waals surface area contributed by atoms with Gasteiger partial charge in [-0.1, -0.05) is 66.7 Å². The molecule has 3 aromatic rings. The van der Waals surface area contributed by atoms with E-state index >= 15 is 0 Å². The summed E-state index contributed by atoms with van der Waals surface area (Å²) in [5, 5.41) is 0. The molecule has 2 atom stereocenters. The molecule has 0 spiro atoms. The Morgan fingerprint density at radius 1 is 0.917 bits per heavy atom. The van der Waals surface area contributed by atoms with Gasteiger partial charge in [0.05, 0.1) is 19.2 Å². The summed E-state index contributed by atoms with van der Waals surface area (Å²) in [4.78, 5) is 18.8. The monoisotopic (exact) mass is 484 g/mol. The number of halogens is 1. The third-order valence-electron chi connectivity index (χ3n) is 7.19. The third kappa shape index (κ3) is 5.85. The molecule has 0 bridgehead atoms. The van der Waals surface area contributed by atoms with Crippen LogP contribution in [0.4, 0.5) is 4.39 Å². The van der Waals surface area contributed by atoms with Crippen molar-refractivity contribution in [2.24, 2.45) is 5.92 Å². The molecule has 0 N–H and O–H groups in total. The Labute approximate surface area is 213 Å². The number of ether oxygens (including phenoxy) is 1. The van der Waals surface area contributed by atoms with Crippen molar-refractivity contribution < 1.29 is 13.9 Å². The molecule has 2 unspecified atom stereocenters. The van der Waals surface area contributed by atoms with E-state index in [9.17, 15) is 9.18 Å². The number of amides is 1. The van der Waals surface area contributed by atoms with E-state index in [0.717, 1.165) is 35.5 Å². The predicted octanol–water partition coefficient (Wildman–Crippen LogP) is 5.80. The van der Waals surface area contributed by atoms with Gasteiger partial charge in [0.2, 0.25) is 5.91 Å². The van der Waals surface area contributed by atoms with Crippen LogP contribution < -0.4 is 4.74 Å². The molecular weight excluding hydrogens is 451 g/mol. The van der Waals surface area contributed by atoms with Crippen molar-refractivity contribution >= 4 is 5.91 Å². The Morgan fingerprint density at radius 2 is 1.64 bits per heavy atom. The minimum absolute atomic E-state index is 0.106. The molecule has 1 aliphatic carbocycles. The summed E-state index contributed by atoms with van der Waals surface area (Å²) in [6.07, 6.45) is 7.48. The third-order valence-corrected chi connectivity index (χ3v) is 7.19. The fourth-order valence-corrected chi connectivity index (χ4v) is 4.98. The van der Waals surface area contributed by atoms with Crippen LogP contribution in [0.2, 0.25) is 0 Å². The van der Waals surface area contributed by atoms with E-state index in [2.05, 4.69) is 29.2 Å². The van der Waals surface area contributed by atoms with Crippen LogP contribution in [-0.4, -0.2) is 41.9 Å². The van der Waals surface area contributed by atoms with Gasteiger partial charge in [0.25, 0.3) is 0 Å². The van der Waals surface area contributed by atoms with Crippen LogP contribution in [0, 0.1) is 11.7 Å². The first-order chi connectivity index (χ1) is 17.6. The molecule has 1 amide bonds. The summed E-state index contributed by atoms with van der Waals surface area (Å²) >= 11 is 0. The Bertz CT molecular complexity index is 1170. The molecule has 1 fully saturated rings. The van der Waals surface area contributed by atoms with Crippen molar-refractivity contribution in [3.8, 4) is 5.75 Å². The highest BCUT2D eigenvalue weighted by Crippen LogP contribution is 2.34. The molecule has 4 nitrogen and oxygen atoms in total. The molecule has 3 aromatic carbocycles. The summed E-state index contributed by atoms with van der Waals surface area (Å²) in [5.41, 5.74) is 3.09. The van der Waals surface area contributed by atoms with Gasteiger partial charge in [-0.3, -0.25) is 9.69 Å². The Hall–Kier alpha value is -3.44. The lowest BCUT2D eigenvalue weighted by atomic mass is 9.97. The minimum atomic E-state index is -0.276. The molecular formula is C31H33FN2O2. The van der Waals surface area contributed by atoms with E-state index in [-0.39, 0.29) is 23.8 Å². The lowest BCUT2D eigenvalue weighted by molar-refractivity contribution is -0.139. The molecule has 1 saturated carbocycles. The smallest absolute Gasteiger partial charge is 0.241 e. The molecule has 36 heavy (non-hydrogen) atoms. The summed E-state index contributed by atoms with van der Waals surface area (Å²) in [6.45, 7) is 2.09. The van der Waals surface area contributed by atoms with Crippen LogP contribution in [0.25, 0.3) is 0 Å². The highest BCUT2D eigenvalue weighted by molar-refractivity contribution is 5.83. The SMILES string of the molecule is COc1ccc(C2/C=C\CN(CC3CC3)C(Cc3ccccc3)C(=O)N2Cc2ccc(F)cc2)cc1. The average molecular weight is 485 g/mol. The number of hydrogen-bond donors (Lipinski definition) is 0. The molecule has 1 aliphatic heterocycles. The van der Waals surface area contributed by atoms with Gasteiger partial charge in [-0.15, -0.1) is 0 Å². The van der Waals surface area contributed by atoms with Crippen molar-refractivity contribution in [3.05, 3.63) is 114 Å². The number of carbonyl (C=O) groups is 1. The standard InChI is InChI=1S/C31H33FN2O2/c1-36-28-17-13-26(14-18-28)29-8-5-19-33(21-24-9-10-24)30(20-23-6-3-2-4-7-23)31(35)34(29)22-25-11-15-27(32)16-12-25/h2-8,11-18,24,29-30H,9-10,19-22H2,1H3/b8-5-. The van der Waals surface area contributed by atoms with E-state index in [0.29, 0.717) is 18.9 Å². The van der Waals surface area contributed by atoms with Crippen LogP contribution in [0.5, 0.6) is 5.75 Å². The van der Waals surface area contributed by atoms with Crippen LogP contribution in [0.1, 0.15) is 35.6 Å². The molecule has 0 radical (unpaired) electrons. The van der Waals surface area contributed by atoms with Gasteiger partial charge in [0.15, 0.2) is 0 Å². The summed E-state index contributed by atoms with van der Waals surface area (Å²) in [5.74, 6) is 1.28. The number of methoxy groups -OCH3 is 1. The van der Waals surface area contributed by atoms with Crippen molar-refractivity contribution in [1.29, 1.82) is 0 Å².